The van der Waals surface area contributed by atoms with Crippen molar-refractivity contribution in [3.05, 3.63) is 139 Å². The SMILES string of the molecule is c1ccc(-n2c3ccccc3c3c4c(c5ccccc5n4-c4cccc(-c5nc(C67CC8CC(CC(C8)C6)C7)nc(C67CC8CC(CC(C8)C6)C7)n5)c4)c4oc5ccccc5c4c32)cc1. The summed E-state index contributed by atoms with van der Waals surface area (Å²) in [5.41, 5.74) is 10.00. The van der Waals surface area contributed by atoms with E-state index >= 15 is 0 Å². The summed E-state index contributed by atoms with van der Waals surface area (Å²) in [6, 6.07) is 46.5. The molecule has 8 aliphatic rings. The Kier molecular flexibility index (Phi) is 7.06. The van der Waals surface area contributed by atoms with E-state index in [1.54, 1.807) is 0 Å². The lowest BCUT2D eigenvalue weighted by atomic mass is 9.49. The van der Waals surface area contributed by atoms with E-state index in [9.17, 15) is 0 Å². The minimum absolute atomic E-state index is 0.0878. The molecule has 4 aromatic heterocycles. The monoisotopic (exact) mass is 845 g/mol. The summed E-state index contributed by atoms with van der Waals surface area (Å²) in [6.07, 6.45) is 16.0. The van der Waals surface area contributed by atoms with Crippen LogP contribution in [0.5, 0.6) is 0 Å². The summed E-state index contributed by atoms with van der Waals surface area (Å²) >= 11 is 0. The summed E-state index contributed by atoms with van der Waals surface area (Å²) < 4.78 is 12.1. The summed E-state index contributed by atoms with van der Waals surface area (Å²) in [7, 11) is 0. The molecule has 0 N–H and O–H groups in total. The maximum absolute atomic E-state index is 7.08. The highest BCUT2D eigenvalue weighted by Crippen LogP contribution is 2.63. The maximum atomic E-state index is 7.08. The van der Waals surface area contributed by atoms with Crippen LogP contribution in [0.25, 0.3) is 88.3 Å². The van der Waals surface area contributed by atoms with Crippen LogP contribution in [-0.2, 0) is 10.8 Å². The van der Waals surface area contributed by atoms with Gasteiger partial charge >= 0.3 is 0 Å². The molecule has 8 aliphatic carbocycles. The molecule has 4 heterocycles. The molecule has 8 fully saturated rings. The van der Waals surface area contributed by atoms with Gasteiger partial charge in [0.25, 0.3) is 0 Å². The van der Waals surface area contributed by atoms with E-state index in [4.69, 9.17) is 19.4 Å². The molecular formula is C59H51N5O. The molecule has 0 saturated heterocycles. The fraction of sp³-hybridized carbons (Fsp3) is 0.339. The van der Waals surface area contributed by atoms with Crippen LogP contribution in [0.4, 0.5) is 0 Å². The summed E-state index contributed by atoms with van der Waals surface area (Å²) in [6.45, 7) is 0. The van der Waals surface area contributed by atoms with Gasteiger partial charge in [0.2, 0.25) is 0 Å². The molecule has 0 unspecified atom stereocenters. The molecule has 18 rings (SSSR count). The fourth-order valence-electron chi connectivity index (χ4n) is 16.5. The second kappa shape index (κ2) is 12.7. The number of nitrogens with zero attached hydrogens (tertiary/aromatic N) is 5. The van der Waals surface area contributed by atoms with Crippen molar-refractivity contribution < 1.29 is 4.42 Å². The molecule has 318 valence electrons. The fourth-order valence-corrected chi connectivity index (χ4v) is 16.5. The average Bonchev–Trinajstić information content (AvgIpc) is 3.99. The highest BCUT2D eigenvalue weighted by molar-refractivity contribution is 6.39. The van der Waals surface area contributed by atoms with E-state index < -0.39 is 0 Å². The van der Waals surface area contributed by atoms with Gasteiger partial charge in [-0.2, -0.15) is 0 Å². The van der Waals surface area contributed by atoms with E-state index in [0.717, 1.165) is 108 Å². The van der Waals surface area contributed by atoms with Crippen molar-refractivity contribution in [2.24, 2.45) is 35.5 Å². The highest BCUT2D eigenvalue weighted by Gasteiger charge is 2.56. The predicted octanol–water partition coefficient (Wildman–Crippen LogP) is 14.6. The smallest absolute Gasteiger partial charge is 0.163 e. The summed E-state index contributed by atoms with van der Waals surface area (Å²) in [5, 5.41) is 7.07. The zero-order chi connectivity index (χ0) is 42.2. The molecule has 0 amide bonds. The first-order valence-electron chi connectivity index (χ1n) is 24.8. The third-order valence-electron chi connectivity index (χ3n) is 18.1. The van der Waals surface area contributed by atoms with Gasteiger partial charge < -0.3 is 13.6 Å². The van der Waals surface area contributed by atoms with Gasteiger partial charge in [0.05, 0.1) is 32.8 Å². The third kappa shape index (κ3) is 4.93. The zero-order valence-corrected chi connectivity index (χ0v) is 36.7. The molecule has 10 aromatic rings. The third-order valence-corrected chi connectivity index (χ3v) is 18.1. The molecule has 6 nitrogen and oxygen atoms in total. The number of hydrogen-bond acceptors (Lipinski definition) is 4. The molecule has 8 bridgehead atoms. The van der Waals surface area contributed by atoms with Gasteiger partial charge in [0.1, 0.15) is 22.8 Å². The van der Waals surface area contributed by atoms with E-state index in [1.807, 2.05) is 0 Å². The molecule has 8 saturated carbocycles. The molecule has 0 spiro atoms. The largest absolute Gasteiger partial charge is 0.455 e. The van der Waals surface area contributed by atoms with Crippen molar-refractivity contribution in [3.63, 3.8) is 0 Å². The van der Waals surface area contributed by atoms with Crippen LogP contribution in [0.15, 0.2) is 132 Å². The summed E-state index contributed by atoms with van der Waals surface area (Å²) in [5.74, 6) is 8.10. The van der Waals surface area contributed by atoms with Crippen LogP contribution in [-0.4, -0.2) is 24.1 Å². The van der Waals surface area contributed by atoms with Gasteiger partial charge in [0.15, 0.2) is 5.82 Å². The Labute approximate surface area is 377 Å². The Hall–Kier alpha value is -6.27. The quantitative estimate of drug-likeness (QED) is 0.173. The second-order valence-electron chi connectivity index (χ2n) is 22.0. The predicted molar refractivity (Wildman–Crippen MR) is 261 cm³/mol. The number of fused-ring (bicyclic) bond motifs is 12. The number of para-hydroxylation sites is 4. The lowest BCUT2D eigenvalue weighted by Gasteiger charge is -2.57. The van der Waals surface area contributed by atoms with Gasteiger partial charge in [-0.15, -0.1) is 0 Å². The van der Waals surface area contributed by atoms with E-state index in [1.165, 1.54) is 104 Å². The standard InChI is InChI=1S/C59H51N5O/c1-2-12-41(13-3-1)63-46-18-7-4-15-43(46)49-52-50(54-51(53(49)63)45-17-6-9-20-48(45)65-54)44-16-5-8-19-47(44)64(52)42-14-10-11-40(27-42)55-60-56(58-28-34-21-35(29-58)23-36(22-34)30-58)62-57(61-55)59-31-37-24-38(32-59)26-39(25-37)33-59/h1-20,27,34-39H,21-26,28-33H2. The minimum atomic E-state index is 0.0878. The molecule has 65 heavy (non-hydrogen) atoms. The van der Waals surface area contributed by atoms with Gasteiger partial charge in [-0.05, 0) is 155 Å². The van der Waals surface area contributed by atoms with Crippen LogP contribution in [0, 0.1) is 35.5 Å². The zero-order valence-electron chi connectivity index (χ0n) is 36.7. The first-order chi connectivity index (χ1) is 32.0. The minimum Gasteiger partial charge on any atom is -0.455 e. The molecule has 6 heteroatoms. The van der Waals surface area contributed by atoms with Gasteiger partial charge in [-0.25, -0.2) is 15.0 Å². The van der Waals surface area contributed by atoms with E-state index in [2.05, 4.69) is 137 Å². The first kappa shape index (κ1) is 36.0. The van der Waals surface area contributed by atoms with Gasteiger partial charge in [-0.1, -0.05) is 84.9 Å². The molecule has 6 aromatic carbocycles. The Balaban J connectivity index is 0.978. The Bertz CT molecular complexity index is 3510. The van der Waals surface area contributed by atoms with Crippen LogP contribution >= 0.6 is 0 Å². The first-order valence-corrected chi connectivity index (χ1v) is 24.8. The number of benzene rings is 6. The topological polar surface area (TPSA) is 61.7 Å². The van der Waals surface area contributed by atoms with Crippen molar-refractivity contribution in [1.29, 1.82) is 0 Å². The van der Waals surface area contributed by atoms with Gasteiger partial charge in [-0.3, -0.25) is 0 Å². The Morgan fingerprint density at radius 1 is 0.431 bits per heavy atom. The number of hydrogen-bond donors (Lipinski definition) is 0. The normalized spacial score (nSPS) is 28.9. The molecular weight excluding hydrogens is 795 g/mol. The van der Waals surface area contributed by atoms with Crippen molar-refractivity contribution >= 4 is 65.6 Å². The highest BCUT2D eigenvalue weighted by atomic mass is 16.3. The van der Waals surface area contributed by atoms with Crippen LogP contribution in [0.2, 0.25) is 0 Å². The molecule has 0 atom stereocenters. The Morgan fingerprint density at radius 3 is 1.48 bits per heavy atom. The van der Waals surface area contributed by atoms with Crippen LogP contribution < -0.4 is 0 Å². The second-order valence-corrected chi connectivity index (χ2v) is 22.0. The molecule has 0 radical (unpaired) electrons. The van der Waals surface area contributed by atoms with Crippen molar-refractivity contribution in [2.45, 2.75) is 87.9 Å². The van der Waals surface area contributed by atoms with E-state index in [0.29, 0.717) is 0 Å². The lowest BCUT2D eigenvalue weighted by Crippen LogP contribution is -2.51. The lowest BCUT2D eigenvalue weighted by molar-refractivity contribution is -0.0155. The Morgan fingerprint density at radius 2 is 0.892 bits per heavy atom. The number of rotatable bonds is 5. The van der Waals surface area contributed by atoms with Crippen molar-refractivity contribution in [2.75, 3.05) is 0 Å². The van der Waals surface area contributed by atoms with Gasteiger partial charge in [0, 0.05) is 49.3 Å². The number of aromatic nitrogens is 5. The maximum Gasteiger partial charge on any atom is 0.163 e. The average molecular weight is 846 g/mol. The summed E-state index contributed by atoms with van der Waals surface area (Å²) in [4.78, 5) is 17.2. The van der Waals surface area contributed by atoms with Crippen molar-refractivity contribution in [1.82, 2.24) is 24.1 Å². The van der Waals surface area contributed by atoms with Crippen LogP contribution in [0.3, 0.4) is 0 Å². The molecule has 0 aliphatic heterocycles. The van der Waals surface area contributed by atoms with E-state index in [-0.39, 0.29) is 10.8 Å². The van der Waals surface area contributed by atoms with Crippen LogP contribution in [0.1, 0.15) is 88.7 Å². The number of furan rings is 1. The van der Waals surface area contributed by atoms with Crippen molar-refractivity contribution in [3.8, 4) is 22.8 Å².